The first-order valence-electron chi connectivity index (χ1n) is 7.46. The number of piperidine rings is 1. The lowest BCUT2D eigenvalue weighted by Gasteiger charge is -2.38. The quantitative estimate of drug-likeness (QED) is 0.922. The number of halogens is 2. The molecule has 2 aliphatic rings. The van der Waals surface area contributed by atoms with Crippen LogP contribution in [0.1, 0.15) is 31.2 Å². The molecule has 3 unspecified atom stereocenters. The third-order valence-electron chi connectivity index (χ3n) is 5.20. The Labute approximate surface area is 118 Å². The molecule has 0 aliphatic carbocycles. The largest absolute Gasteiger partial charge is 0.327 e. The van der Waals surface area contributed by atoms with Crippen LogP contribution >= 0.6 is 0 Å². The molecule has 2 bridgehead atoms. The van der Waals surface area contributed by atoms with E-state index in [-0.39, 0.29) is 11.9 Å². The first-order valence-corrected chi connectivity index (χ1v) is 7.46. The van der Waals surface area contributed by atoms with Gasteiger partial charge in [0.1, 0.15) is 11.6 Å². The van der Waals surface area contributed by atoms with E-state index in [1.807, 2.05) is 0 Å². The van der Waals surface area contributed by atoms with Crippen molar-refractivity contribution in [3.8, 4) is 0 Å². The zero-order valence-corrected chi connectivity index (χ0v) is 11.9. The topological polar surface area (TPSA) is 29.3 Å². The first kappa shape index (κ1) is 14.0. The van der Waals surface area contributed by atoms with Gasteiger partial charge in [0.2, 0.25) is 0 Å². The molecule has 2 N–H and O–H groups in total. The van der Waals surface area contributed by atoms with Gasteiger partial charge in [-0.15, -0.1) is 0 Å². The van der Waals surface area contributed by atoms with Crippen LogP contribution in [0.2, 0.25) is 0 Å². The molecule has 2 saturated heterocycles. The molecule has 20 heavy (non-hydrogen) atoms. The van der Waals surface area contributed by atoms with Crippen molar-refractivity contribution < 1.29 is 8.78 Å². The minimum Gasteiger partial charge on any atom is -0.327 e. The third-order valence-corrected chi connectivity index (χ3v) is 5.20. The van der Waals surface area contributed by atoms with E-state index in [1.54, 1.807) is 0 Å². The lowest BCUT2D eigenvalue weighted by atomic mass is 9.83. The molecule has 1 aromatic rings. The lowest BCUT2D eigenvalue weighted by Crippen LogP contribution is -2.46. The van der Waals surface area contributed by atoms with Crippen molar-refractivity contribution in [1.82, 2.24) is 4.90 Å². The summed E-state index contributed by atoms with van der Waals surface area (Å²) >= 11 is 0. The smallest absolute Gasteiger partial charge is 0.126 e. The minimum absolute atomic E-state index is 0.0805. The summed E-state index contributed by atoms with van der Waals surface area (Å²) in [5.74, 6) is -0.318. The summed E-state index contributed by atoms with van der Waals surface area (Å²) in [5.41, 5.74) is 6.70. The second kappa shape index (κ2) is 5.41. The summed E-state index contributed by atoms with van der Waals surface area (Å²) in [4.78, 5) is 2.46. The van der Waals surface area contributed by atoms with Gasteiger partial charge in [-0.2, -0.15) is 0 Å². The lowest BCUT2D eigenvalue weighted by molar-refractivity contribution is 0.120. The molecule has 2 heterocycles. The van der Waals surface area contributed by atoms with Crippen LogP contribution in [0, 0.1) is 17.6 Å². The van der Waals surface area contributed by atoms with Gasteiger partial charge in [-0.05, 0) is 68.8 Å². The number of hydrogen-bond donors (Lipinski definition) is 1. The Bertz CT molecular complexity index is 477. The first-order chi connectivity index (χ1) is 9.54. The predicted octanol–water partition coefficient (Wildman–Crippen LogP) is 2.71. The zero-order chi connectivity index (χ0) is 14.3. The summed E-state index contributed by atoms with van der Waals surface area (Å²) in [7, 11) is 2.19. The van der Waals surface area contributed by atoms with E-state index in [4.69, 9.17) is 5.73 Å². The predicted molar refractivity (Wildman–Crippen MR) is 75.3 cm³/mol. The number of nitrogens with zero attached hydrogens (tertiary/aromatic N) is 1. The molecule has 3 rings (SSSR count). The maximum absolute atomic E-state index is 13.7. The van der Waals surface area contributed by atoms with Gasteiger partial charge in [-0.25, -0.2) is 8.78 Å². The van der Waals surface area contributed by atoms with E-state index in [1.165, 1.54) is 25.0 Å². The van der Waals surface area contributed by atoms with Gasteiger partial charge in [0, 0.05) is 18.1 Å². The average Bonchev–Trinajstić information content (AvgIpc) is 2.65. The number of rotatable bonds is 3. The summed E-state index contributed by atoms with van der Waals surface area (Å²) in [6.45, 7) is 0. The van der Waals surface area contributed by atoms with E-state index in [9.17, 15) is 8.78 Å². The molecule has 2 fully saturated rings. The molecule has 1 aromatic carbocycles. The second-order valence-electron chi connectivity index (χ2n) is 6.39. The van der Waals surface area contributed by atoms with Crippen LogP contribution in [-0.4, -0.2) is 30.1 Å². The summed E-state index contributed by atoms with van der Waals surface area (Å²) < 4.78 is 26.9. The Balaban J connectivity index is 1.68. The van der Waals surface area contributed by atoms with Crippen molar-refractivity contribution in [2.45, 2.75) is 50.2 Å². The van der Waals surface area contributed by atoms with Crippen LogP contribution < -0.4 is 5.73 Å². The molecule has 2 nitrogen and oxygen atoms in total. The van der Waals surface area contributed by atoms with Crippen LogP contribution in [0.25, 0.3) is 0 Å². The standard InChI is InChI=1S/C16H22F2N2/c1-20-13-3-4-14(20)8-11(7-13)16(19)9-10-6-12(17)2-5-15(10)18/h2,5-6,11,13-14,16H,3-4,7-9,19H2,1H3. The van der Waals surface area contributed by atoms with Gasteiger partial charge in [-0.1, -0.05) is 0 Å². The Morgan fingerprint density at radius 2 is 1.90 bits per heavy atom. The fraction of sp³-hybridized carbons (Fsp3) is 0.625. The van der Waals surface area contributed by atoms with Crippen LogP contribution in [0.5, 0.6) is 0 Å². The van der Waals surface area contributed by atoms with E-state index < -0.39 is 5.82 Å². The van der Waals surface area contributed by atoms with E-state index in [0.717, 1.165) is 18.9 Å². The number of benzene rings is 1. The number of hydrogen-bond acceptors (Lipinski definition) is 2. The van der Waals surface area contributed by atoms with Crippen molar-refractivity contribution in [3.63, 3.8) is 0 Å². The van der Waals surface area contributed by atoms with Crippen molar-refractivity contribution in [2.24, 2.45) is 11.7 Å². The van der Waals surface area contributed by atoms with Crippen molar-refractivity contribution in [3.05, 3.63) is 35.4 Å². The fourth-order valence-electron chi connectivity index (χ4n) is 3.92. The summed E-state index contributed by atoms with van der Waals surface area (Å²) in [6, 6.07) is 4.79. The Kier molecular flexibility index (Phi) is 3.78. The highest BCUT2D eigenvalue weighted by molar-refractivity contribution is 5.20. The van der Waals surface area contributed by atoms with Crippen LogP contribution in [0.15, 0.2) is 18.2 Å². The molecular weight excluding hydrogens is 258 g/mol. The molecule has 0 amide bonds. The summed E-state index contributed by atoms with van der Waals surface area (Å²) in [6.07, 6.45) is 5.10. The molecule has 0 aromatic heterocycles. The van der Waals surface area contributed by atoms with Crippen molar-refractivity contribution in [1.29, 1.82) is 0 Å². The zero-order valence-electron chi connectivity index (χ0n) is 11.9. The van der Waals surface area contributed by atoms with Crippen LogP contribution in [-0.2, 0) is 6.42 Å². The van der Waals surface area contributed by atoms with Gasteiger partial charge in [0.05, 0.1) is 0 Å². The molecule has 0 spiro atoms. The van der Waals surface area contributed by atoms with Crippen molar-refractivity contribution in [2.75, 3.05) is 7.05 Å². The van der Waals surface area contributed by atoms with Gasteiger partial charge < -0.3 is 10.6 Å². The maximum Gasteiger partial charge on any atom is 0.126 e. The Morgan fingerprint density at radius 3 is 2.55 bits per heavy atom. The Morgan fingerprint density at radius 1 is 1.25 bits per heavy atom. The molecule has 110 valence electrons. The molecular formula is C16H22F2N2. The van der Waals surface area contributed by atoms with E-state index >= 15 is 0 Å². The van der Waals surface area contributed by atoms with Crippen LogP contribution in [0.3, 0.4) is 0 Å². The molecule has 0 saturated carbocycles. The SMILES string of the molecule is CN1C2CCC1CC(C(N)Cc1cc(F)ccc1F)C2. The van der Waals surface area contributed by atoms with Gasteiger partial charge in [0.15, 0.2) is 0 Å². The minimum atomic E-state index is -0.392. The van der Waals surface area contributed by atoms with Gasteiger partial charge in [-0.3, -0.25) is 0 Å². The highest BCUT2D eigenvalue weighted by Crippen LogP contribution is 2.38. The molecule has 2 aliphatic heterocycles. The monoisotopic (exact) mass is 280 g/mol. The number of nitrogens with two attached hydrogens (primary N) is 1. The number of fused-ring (bicyclic) bond motifs is 2. The maximum atomic E-state index is 13.7. The molecule has 4 heteroatoms. The average molecular weight is 280 g/mol. The van der Waals surface area contributed by atoms with Crippen molar-refractivity contribution >= 4 is 0 Å². The molecule has 0 radical (unpaired) electrons. The van der Waals surface area contributed by atoms with E-state index in [2.05, 4.69) is 11.9 Å². The van der Waals surface area contributed by atoms with Gasteiger partial charge in [0.25, 0.3) is 0 Å². The highest BCUT2D eigenvalue weighted by atomic mass is 19.1. The van der Waals surface area contributed by atoms with Gasteiger partial charge >= 0.3 is 0 Å². The molecule has 3 atom stereocenters. The highest BCUT2D eigenvalue weighted by Gasteiger charge is 2.40. The second-order valence-corrected chi connectivity index (χ2v) is 6.39. The third kappa shape index (κ3) is 2.59. The Hall–Kier alpha value is -1.00. The normalized spacial score (nSPS) is 31.5. The van der Waals surface area contributed by atoms with E-state index in [0.29, 0.717) is 30.0 Å². The summed E-state index contributed by atoms with van der Waals surface area (Å²) in [5, 5.41) is 0. The van der Waals surface area contributed by atoms with Crippen LogP contribution in [0.4, 0.5) is 8.78 Å². The fourth-order valence-corrected chi connectivity index (χ4v) is 3.92.